The van der Waals surface area contributed by atoms with Gasteiger partial charge >= 0.3 is 5.69 Å². The predicted octanol–water partition coefficient (Wildman–Crippen LogP) is 0.907. The molecule has 2 aromatic rings. The Morgan fingerprint density at radius 2 is 1.96 bits per heavy atom. The highest BCUT2D eigenvalue weighted by molar-refractivity contribution is 6.01. The summed E-state index contributed by atoms with van der Waals surface area (Å²) in [5.74, 6) is -0.863. The van der Waals surface area contributed by atoms with Crippen molar-refractivity contribution in [1.29, 1.82) is 0 Å². The van der Waals surface area contributed by atoms with Crippen LogP contribution in [0.3, 0.4) is 0 Å². The average molecular weight is 346 g/mol. The Balaban J connectivity index is 1.79. The molecule has 3 rings (SSSR count). The van der Waals surface area contributed by atoms with E-state index in [4.69, 9.17) is 5.73 Å². The fourth-order valence-electron chi connectivity index (χ4n) is 2.81. The molecule has 0 unspecified atom stereocenters. The molecule has 1 aromatic heterocycles. The van der Waals surface area contributed by atoms with Crippen molar-refractivity contribution in [2.24, 2.45) is 0 Å². The summed E-state index contributed by atoms with van der Waals surface area (Å²) in [6.07, 6.45) is 1.60. The fourth-order valence-corrected chi connectivity index (χ4v) is 2.81. The third-order valence-electron chi connectivity index (χ3n) is 4.15. The van der Waals surface area contributed by atoms with Gasteiger partial charge < -0.3 is 5.73 Å². The Labute approximate surface area is 142 Å². The van der Waals surface area contributed by atoms with Crippen molar-refractivity contribution >= 4 is 11.6 Å². The number of aromatic amines is 1. The number of benzene rings is 1. The van der Waals surface area contributed by atoms with E-state index in [-0.39, 0.29) is 29.8 Å². The normalized spacial score (nSPS) is 14.0. The topological polar surface area (TPSA) is 101 Å². The van der Waals surface area contributed by atoms with E-state index in [1.54, 1.807) is 24.1 Å². The number of hydrogen-bond acceptors (Lipinski definition) is 5. The third-order valence-corrected chi connectivity index (χ3v) is 4.15. The second-order valence-electron chi connectivity index (χ2n) is 6.34. The zero-order valence-electron chi connectivity index (χ0n) is 13.8. The van der Waals surface area contributed by atoms with Crippen LogP contribution in [0.5, 0.6) is 0 Å². The minimum absolute atomic E-state index is 0.0481. The number of nitrogens with one attached hydrogen (secondary N) is 1. The molecule has 1 aliphatic carbocycles. The first kappa shape index (κ1) is 17.1. The van der Waals surface area contributed by atoms with Crippen molar-refractivity contribution in [3.63, 3.8) is 0 Å². The lowest BCUT2D eigenvalue weighted by molar-refractivity contribution is 0.0941. The summed E-state index contributed by atoms with van der Waals surface area (Å²) < 4.78 is 14.2. The zero-order valence-corrected chi connectivity index (χ0v) is 13.8. The number of carbonyl (C=O) groups is 1. The van der Waals surface area contributed by atoms with Crippen molar-refractivity contribution in [3.05, 3.63) is 62.0 Å². The quantitative estimate of drug-likeness (QED) is 0.757. The van der Waals surface area contributed by atoms with Crippen LogP contribution in [-0.4, -0.2) is 33.8 Å². The first-order chi connectivity index (χ1) is 11.9. The molecule has 0 saturated heterocycles. The summed E-state index contributed by atoms with van der Waals surface area (Å²) >= 11 is 0. The SMILES string of the molecule is CN(CC(=O)c1c(N)n(C2CC2)c(=O)[nH]c1=O)Cc1ccc(F)cc1. The van der Waals surface area contributed by atoms with E-state index in [9.17, 15) is 18.8 Å². The van der Waals surface area contributed by atoms with Crippen LogP contribution in [0.25, 0.3) is 0 Å². The van der Waals surface area contributed by atoms with Gasteiger partial charge in [-0.05, 0) is 37.6 Å². The Hall–Kier alpha value is -2.74. The highest BCUT2D eigenvalue weighted by Gasteiger charge is 2.30. The summed E-state index contributed by atoms with van der Waals surface area (Å²) in [6.45, 7) is 0.361. The third kappa shape index (κ3) is 3.69. The molecule has 0 aliphatic heterocycles. The number of hydrogen-bond donors (Lipinski definition) is 2. The minimum atomic E-state index is -0.764. The largest absolute Gasteiger partial charge is 0.384 e. The van der Waals surface area contributed by atoms with Gasteiger partial charge in [-0.15, -0.1) is 0 Å². The van der Waals surface area contributed by atoms with Gasteiger partial charge in [0.05, 0.1) is 6.54 Å². The molecule has 0 spiro atoms. The van der Waals surface area contributed by atoms with Crippen molar-refractivity contribution in [1.82, 2.24) is 14.5 Å². The number of carbonyl (C=O) groups excluding carboxylic acids is 1. The Kier molecular flexibility index (Phi) is 4.54. The molecule has 0 radical (unpaired) electrons. The molecule has 0 atom stereocenters. The second-order valence-corrected chi connectivity index (χ2v) is 6.34. The van der Waals surface area contributed by atoms with Gasteiger partial charge in [0.1, 0.15) is 17.2 Å². The standard InChI is InChI=1S/C17H19FN4O3/c1-21(8-10-2-4-11(18)5-3-10)9-13(23)14-15(19)22(12-6-7-12)17(25)20-16(14)24/h2-5,12H,6-9,19H2,1H3,(H,20,24,25). The highest BCUT2D eigenvalue weighted by Crippen LogP contribution is 2.35. The van der Waals surface area contributed by atoms with Gasteiger partial charge in [-0.3, -0.25) is 24.0 Å². The predicted molar refractivity (Wildman–Crippen MR) is 91.1 cm³/mol. The highest BCUT2D eigenvalue weighted by atomic mass is 19.1. The van der Waals surface area contributed by atoms with Crippen LogP contribution in [0.15, 0.2) is 33.9 Å². The number of likely N-dealkylation sites (N-methyl/N-ethyl adjacent to an activating group) is 1. The van der Waals surface area contributed by atoms with E-state index < -0.39 is 17.0 Å². The minimum Gasteiger partial charge on any atom is -0.384 e. The van der Waals surface area contributed by atoms with Gasteiger partial charge in [-0.2, -0.15) is 0 Å². The Bertz CT molecular complexity index is 913. The molecule has 1 aliphatic rings. The first-order valence-electron chi connectivity index (χ1n) is 7.97. The van der Waals surface area contributed by atoms with Gasteiger partial charge in [0, 0.05) is 12.6 Å². The monoisotopic (exact) mass is 346 g/mol. The molecule has 1 fully saturated rings. The molecule has 3 N–H and O–H groups in total. The van der Waals surface area contributed by atoms with E-state index in [1.807, 2.05) is 0 Å². The van der Waals surface area contributed by atoms with Crippen LogP contribution >= 0.6 is 0 Å². The van der Waals surface area contributed by atoms with Crippen molar-refractivity contribution < 1.29 is 9.18 Å². The average Bonchev–Trinajstić information content (AvgIpc) is 3.33. The lowest BCUT2D eigenvalue weighted by atomic mass is 10.1. The maximum absolute atomic E-state index is 12.9. The lowest BCUT2D eigenvalue weighted by Gasteiger charge is -2.17. The van der Waals surface area contributed by atoms with Gasteiger partial charge in [-0.1, -0.05) is 12.1 Å². The molecule has 0 bridgehead atoms. The van der Waals surface area contributed by atoms with Crippen molar-refractivity contribution in [2.75, 3.05) is 19.3 Å². The van der Waals surface area contributed by atoms with Crippen LogP contribution in [0.2, 0.25) is 0 Å². The number of nitrogens with zero attached hydrogens (tertiary/aromatic N) is 2. The fraction of sp³-hybridized carbons (Fsp3) is 0.353. The number of halogens is 1. The second kappa shape index (κ2) is 6.64. The molecule has 8 heteroatoms. The van der Waals surface area contributed by atoms with E-state index in [1.165, 1.54) is 16.7 Å². The summed E-state index contributed by atoms with van der Waals surface area (Å²) in [5.41, 5.74) is 5.24. The molecule has 25 heavy (non-hydrogen) atoms. The number of anilines is 1. The number of ketones is 1. The van der Waals surface area contributed by atoms with E-state index in [0.29, 0.717) is 6.54 Å². The Morgan fingerprint density at radius 3 is 2.56 bits per heavy atom. The number of nitrogens with two attached hydrogens (primary N) is 1. The van der Waals surface area contributed by atoms with Crippen molar-refractivity contribution in [2.45, 2.75) is 25.4 Å². The summed E-state index contributed by atoms with van der Waals surface area (Å²) in [6, 6.07) is 5.90. The summed E-state index contributed by atoms with van der Waals surface area (Å²) in [4.78, 5) is 40.3. The molecular weight excluding hydrogens is 327 g/mol. The number of nitrogen functional groups attached to an aromatic ring is 1. The molecule has 0 amide bonds. The smallest absolute Gasteiger partial charge is 0.330 e. The maximum atomic E-state index is 12.9. The lowest BCUT2D eigenvalue weighted by Crippen LogP contribution is -2.38. The van der Waals surface area contributed by atoms with Crippen LogP contribution in [0.1, 0.15) is 34.8 Å². The van der Waals surface area contributed by atoms with E-state index in [2.05, 4.69) is 4.98 Å². The van der Waals surface area contributed by atoms with E-state index >= 15 is 0 Å². The number of rotatable bonds is 6. The zero-order chi connectivity index (χ0) is 18.1. The summed E-state index contributed by atoms with van der Waals surface area (Å²) in [7, 11) is 1.71. The van der Waals surface area contributed by atoms with Crippen LogP contribution in [0, 0.1) is 5.82 Å². The number of Topliss-reactive ketones (excluding diaryl/α,β-unsaturated/α-hetero) is 1. The summed E-state index contributed by atoms with van der Waals surface area (Å²) in [5, 5.41) is 0. The molecule has 1 aromatic carbocycles. The Morgan fingerprint density at radius 1 is 1.32 bits per heavy atom. The molecule has 1 saturated carbocycles. The van der Waals surface area contributed by atoms with Crippen molar-refractivity contribution in [3.8, 4) is 0 Å². The van der Waals surface area contributed by atoms with Gasteiger partial charge in [0.2, 0.25) is 0 Å². The van der Waals surface area contributed by atoms with Crippen LogP contribution < -0.4 is 17.0 Å². The van der Waals surface area contributed by atoms with Gasteiger partial charge in [0.15, 0.2) is 5.78 Å². The van der Waals surface area contributed by atoms with E-state index in [0.717, 1.165) is 18.4 Å². The molecular formula is C17H19FN4O3. The maximum Gasteiger partial charge on any atom is 0.330 e. The molecule has 1 heterocycles. The number of H-pyrrole nitrogens is 1. The molecule has 132 valence electrons. The first-order valence-corrected chi connectivity index (χ1v) is 7.97. The van der Waals surface area contributed by atoms with Crippen LogP contribution in [-0.2, 0) is 6.54 Å². The van der Waals surface area contributed by atoms with Gasteiger partial charge in [-0.25, -0.2) is 9.18 Å². The van der Waals surface area contributed by atoms with Gasteiger partial charge in [0.25, 0.3) is 5.56 Å². The van der Waals surface area contributed by atoms with Crippen LogP contribution in [0.4, 0.5) is 10.2 Å². The number of aromatic nitrogens is 2. The molecule has 7 nitrogen and oxygen atoms in total.